The van der Waals surface area contributed by atoms with E-state index < -0.39 is 30.6 Å². The molecule has 2 amide bonds. The van der Waals surface area contributed by atoms with E-state index in [0.29, 0.717) is 6.42 Å². The molecule has 35 heavy (non-hydrogen) atoms. The fourth-order valence-electron chi connectivity index (χ4n) is 4.99. The van der Waals surface area contributed by atoms with Gasteiger partial charge in [0.25, 0.3) is 0 Å². The van der Waals surface area contributed by atoms with Gasteiger partial charge in [0.15, 0.2) is 6.29 Å². The molecule has 2 fully saturated rings. The van der Waals surface area contributed by atoms with Gasteiger partial charge in [0, 0.05) is 40.7 Å². The van der Waals surface area contributed by atoms with E-state index in [4.69, 9.17) is 18.9 Å². The van der Waals surface area contributed by atoms with E-state index in [1.807, 2.05) is 13.8 Å². The predicted octanol–water partition coefficient (Wildman–Crippen LogP) is 2.16. The Morgan fingerprint density at radius 2 is 1.43 bits per heavy atom. The van der Waals surface area contributed by atoms with E-state index in [0.717, 1.165) is 6.42 Å². The van der Waals surface area contributed by atoms with Gasteiger partial charge in [-0.05, 0) is 38.5 Å². The number of amides is 2. The molecular weight excluding hydrogens is 624 g/mol. The Balaban J connectivity index is 0.00000612. The number of hydrogen-bond donors (Lipinski definition) is 2. The fraction of sp³-hybridized carbons (Fsp3) is 0.840. The smallest absolute Gasteiger partial charge is 0.217 e. The number of ether oxygens (including phenoxy) is 4. The molecule has 2 heterocycles. The van der Waals surface area contributed by atoms with Crippen LogP contribution in [-0.2, 0) is 54.4 Å². The third-order valence-electron chi connectivity index (χ3n) is 7.17. The largest absolute Gasteiger partial charge is 0.370 e. The summed E-state index contributed by atoms with van der Waals surface area (Å²) >= 11 is 0. The van der Waals surface area contributed by atoms with Crippen molar-refractivity contribution < 1.29 is 54.4 Å². The summed E-state index contributed by atoms with van der Waals surface area (Å²) in [6.45, 7) is 18.1. The number of nitrogens with one attached hydrogen (secondary N) is 2. The molecule has 4 unspecified atom stereocenters. The topological polar surface area (TPSA) is 112 Å². The molecule has 2 aliphatic rings. The summed E-state index contributed by atoms with van der Waals surface area (Å²) in [6.07, 6.45) is -2.24. The first-order chi connectivity index (χ1) is 15.9. The third-order valence-corrected chi connectivity index (χ3v) is 7.17. The Kier molecular flexibility index (Phi) is 12.9. The van der Waals surface area contributed by atoms with Crippen LogP contribution < -0.4 is 10.6 Å². The van der Waals surface area contributed by atoms with Crippen molar-refractivity contribution in [3.63, 3.8) is 0 Å². The number of rotatable bonds is 9. The standard InChI is InChI=1S/C25H43N2O7.W/c1-10-19-12(3)13(4)21(26-17(8)29)25(33-19)34-23-20(11-2)31-16(7)22(27-18(9)30)24(23)32-15(6)14(5)28;/h12-13,15-16,19-25H,5,10-11H2,1-4,6-9H3,(H,26,29)(H,27,30);/q-1;/t12-,13?,15+,16-,19+,20?,21?,22?,23-,24+,25+;/m0./s1. The van der Waals surface area contributed by atoms with Crippen LogP contribution in [0.3, 0.4) is 0 Å². The molecule has 2 N–H and O–H groups in total. The molecule has 0 aromatic rings. The Bertz CT molecular complexity index is 724. The zero-order chi connectivity index (χ0) is 25.7. The van der Waals surface area contributed by atoms with Crippen molar-refractivity contribution in [3.05, 3.63) is 6.92 Å². The second-order valence-corrected chi connectivity index (χ2v) is 9.72. The molecule has 10 heteroatoms. The molecule has 0 aliphatic carbocycles. The zero-order valence-corrected chi connectivity index (χ0v) is 25.2. The van der Waals surface area contributed by atoms with Crippen LogP contribution in [0.15, 0.2) is 0 Å². The predicted molar refractivity (Wildman–Crippen MR) is 127 cm³/mol. The number of hydrogen-bond acceptors (Lipinski definition) is 7. The summed E-state index contributed by atoms with van der Waals surface area (Å²) < 4.78 is 25.3. The third kappa shape index (κ3) is 7.99. The maximum atomic E-state index is 12.0. The molecule has 0 radical (unpaired) electrons. The van der Waals surface area contributed by atoms with E-state index in [-0.39, 0.29) is 74.9 Å². The van der Waals surface area contributed by atoms with Crippen molar-refractivity contribution >= 4 is 17.6 Å². The maximum absolute atomic E-state index is 12.0. The summed E-state index contributed by atoms with van der Waals surface area (Å²) in [5.74, 6) is -0.464. The van der Waals surface area contributed by atoms with Crippen molar-refractivity contribution in [1.29, 1.82) is 0 Å². The molecular formula is C25H43N2O7W-. The van der Waals surface area contributed by atoms with Crippen LogP contribution in [0, 0.1) is 18.8 Å². The fourth-order valence-corrected chi connectivity index (χ4v) is 4.99. The minimum atomic E-state index is -0.795. The van der Waals surface area contributed by atoms with Crippen LogP contribution >= 0.6 is 0 Å². The molecule has 202 valence electrons. The average Bonchev–Trinajstić information content (AvgIpc) is 2.76. The molecule has 9 nitrogen and oxygen atoms in total. The summed E-state index contributed by atoms with van der Waals surface area (Å²) in [5, 5.41) is 5.91. The first-order valence-corrected chi connectivity index (χ1v) is 12.4. The van der Waals surface area contributed by atoms with Gasteiger partial charge in [-0.15, -0.1) is 0 Å². The van der Waals surface area contributed by atoms with E-state index in [1.165, 1.54) is 13.8 Å². The van der Waals surface area contributed by atoms with Gasteiger partial charge in [-0.1, -0.05) is 27.7 Å². The summed E-state index contributed by atoms with van der Waals surface area (Å²) in [4.78, 5) is 35.9. The molecule has 11 atom stereocenters. The Labute approximate surface area is 224 Å². The van der Waals surface area contributed by atoms with Crippen molar-refractivity contribution in [2.75, 3.05) is 0 Å². The van der Waals surface area contributed by atoms with Gasteiger partial charge in [0.1, 0.15) is 12.2 Å². The molecule has 0 saturated carbocycles. The average molecular weight is 667 g/mol. The summed E-state index contributed by atoms with van der Waals surface area (Å²) in [7, 11) is 0. The minimum Gasteiger partial charge on any atom is -0.370 e. The Morgan fingerprint density at radius 1 is 0.886 bits per heavy atom. The van der Waals surface area contributed by atoms with Crippen LogP contribution in [0.25, 0.3) is 0 Å². The van der Waals surface area contributed by atoms with Crippen molar-refractivity contribution in [3.8, 4) is 0 Å². The van der Waals surface area contributed by atoms with Gasteiger partial charge in [-0.2, -0.15) is 0 Å². The van der Waals surface area contributed by atoms with Gasteiger partial charge in [-0.3, -0.25) is 9.59 Å². The second-order valence-electron chi connectivity index (χ2n) is 9.72. The van der Waals surface area contributed by atoms with Crippen molar-refractivity contribution in [2.45, 2.75) is 123 Å². The van der Waals surface area contributed by atoms with Crippen LogP contribution in [-0.4, -0.2) is 72.6 Å². The first-order valence-electron chi connectivity index (χ1n) is 12.4. The van der Waals surface area contributed by atoms with Crippen molar-refractivity contribution in [2.24, 2.45) is 11.8 Å². The molecule has 2 rings (SSSR count). The molecule has 2 aliphatic heterocycles. The summed E-state index contributed by atoms with van der Waals surface area (Å²) in [6, 6.07) is -0.924. The van der Waals surface area contributed by atoms with Gasteiger partial charge in [0.05, 0.1) is 36.5 Å². The number of Topliss-reactive ketones (excluding diaryl/α,β-unsaturated/α-hetero) is 1. The maximum Gasteiger partial charge on any atom is 0.217 e. The van der Waals surface area contributed by atoms with Crippen molar-refractivity contribution in [1.82, 2.24) is 10.6 Å². The van der Waals surface area contributed by atoms with Gasteiger partial charge in [0.2, 0.25) is 11.8 Å². The van der Waals surface area contributed by atoms with E-state index in [2.05, 4.69) is 38.3 Å². The summed E-state index contributed by atoms with van der Waals surface area (Å²) in [5.41, 5.74) is 0. The minimum absolute atomic E-state index is 0. The zero-order valence-electron chi connectivity index (χ0n) is 22.2. The molecule has 0 bridgehead atoms. The SMILES string of the molecule is [CH2-]C(=O)[C@@H](C)O[C@@H]1C(NC(C)=O)[C@H](C)OC(CC)[C@@H]1O[C@H]1O[C@H](CC)[C@@H](C)C(C)C1NC(C)=O.[W]. The number of ketones is 1. The number of carbonyl (C=O) groups excluding carboxylic acids is 3. The Hall–Kier alpha value is -0.992. The van der Waals surface area contributed by atoms with E-state index in [1.54, 1.807) is 6.92 Å². The van der Waals surface area contributed by atoms with Crippen LogP contribution in [0.1, 0.15) is 68.2 Å². The van der Waals surface area contributed by atoms with Crippen LogP contribution in [0.4, 0.5) is 0 Å². The van der Waals surface area contributed by atoms with E-state index in [9.17, 15) is 14.4 Å². The molecule has 0 spiro atoms. The molecule has 0 aromatic carbocycles. The van der Waals surface area contributed by atoms with Crippen LogP contribution in [0.5, 0.6) is 0 Å². The van der Waals surface area contributed by atoms with Gasteiger partial charge < -0.3 is 41.3 Å². The number of carbonyl (C=O) groups is 3. The van der Waals surface area contributed by atoms with Gasteiger partial charge in [-0.25, -0.2) is 0 Å². The second kappa shape index (κ2) is 14.1. The normalized spacial score (nSPS) is 38.1. The van der Waals surface area contributed by atoms with Crippen LogP contribution in [0.2, 0.25) is 0 Å². The quantitative estimate of drug-likeness (QED) is 0.363. The molecule has 2 saturated heterocycles. The first kappa shape index (κ1) is 32.0. The van der Waals surface area contributed by atoms with E-state index >= 15 is 0 Å². The molecule has 0 aromatic heterocycles. The Morgan fingerprint density at radius 3 is 1.91 bits per heavy atom. The monoisotopic (exact) mass is 667 g/mol. The van der Waals surface area contributed by atoms with Gasteiger partial charge >= 0.3 is 0 Å².